The predicted octanol–water partition coefficient (Wildman–Crippen LogP) is 3.28. The van der Waals surface area contributed by atoms with Crippen LogP contribution in [0.4, 0.5) is 0 Å². The normalized spacial score (nSPS) is 27.2. The maximum Gasteiger partial charge on any atom is 0.0246 e. The molecule has 0 aromatic rings. The van der Waals surface area contributed by atoms with Gasteiger partial charge in [0.2, 0.25) is 0 Å². The van der Waals surface area contributed by atoms with Gasteiger partial charge in [-0.25, -0.2) is 0 Å². The van der Waals surface area contributed by atoms with Crippen molar-refractivity contribution in [1.29, 1.82) is 0 Å². The van der Waals surface area contributed by atoms with Crippen molar-refractivity contribution in [3.05, 3.63) is 0 Å². The molecule has 0 bridgehead atoms. The first-order chi connectivity index (χ1) is 7.94. The van der Waals surface area contributed by atoms with Crippen LogP contribution < -0.4 is 5.32 Å². The standard InChI is InChI=1S/C15H32N2/c1-6-16-13-10-8-7-9-11-14(13)17(5)12-15(2,3)4/h13-14,16H,6-12H2,1-5H3. The second-order valence-corrected chi connectivity index (χ2v) is 6.85. The Morgan fingerprint density at radius 3 is 2.35 bits per heavy atom. The molecule has 102 valence electrons. The third kappa shape index (κ3) is 5.39. The average Bonchev–Trinajstić information content (AvgIpc) is 2.41. The van der Waals surface area contributed by atoms with Gasteiger partial charge < -0.3 is 10.2 Å². The van der Waals surface area contributed by atoms with Crippen LogP contribution in [0.15, 0.2) is 0 Å². The van der Waals surface area contributed by atoms with Gasteiger partial charge in [0, 0.05) is 18.6 Å². The predicted molar refractivity (Wildman–Crippen MR) is 76.4 cm³/mol. The van der Waals surface area contributed by atoms with Gasteiger partial charge in [0.25, 0.3) is 0 Å². The van der Waals surface area contributed by atoms with Crippen LogP contribution in [-0.2, 0) is 0 Å². The monoisotopic (exact) mass is 240 g/mol. The zero-order chi connectivity index (χ0) is 12.9. The van der Waals surface area contributed by atoms with E-state index in [1.807, 2.05) is 0 Å². The quantitative estimate of drug-likeness (QED) is 0.759. The zero-order valence-electron chi connectivity index (χ0n) is 12.6. The van der Waals surface area contributed by atoms with Crippen LogP contribution in [-0.4, -0.2) is 37.1 Å². The first kappa shape index (κ1) is 15.0. The summed E-state index contributed by atoms with van der Waals surface area (Å²) in [5, 5.41) is 3.70. The number of rotatable bonds is 4. The lowest BCUT2D eigenvalue weighted by Gasteiger charge is -2.37. The highest BCUT2D eigenvalue weighted by atomic mass is 15.2. The topological polar surface area (TPSA) is 15.3 Å². The largest absolute Gasteiger partial charge is 0.313 e. The van der Waals surface area contributed by atoms with Crippen LogP contribution >= 0.6 is 0 Å². The van der Waals surface area contributed by atoms with E-state index < -0.39 is 0 Å². The van der Waals surface area contributed by atoms with Crippen molar-refractivity contribution >= 4 is 0 Å². The molecule has 2 heteroatoms. The maximum absolute atomic E-state index is 3.70. The Balaban J connectivity index is 2.61. The Kier molecular flexibility index (Phi) is 5.94. The number of nitrogens with one attached hydrogen (secondary N) is 1. The summed E-state index contributed by atoms with van der Waals surface area (Å²) in [5.41, 5.74) is 0.401. The van der Waals surface area contributed by atoms with Gasteiger partial charge in [0.1, 0.15) is 0 Å². The lowest BCUT2D eigenvalue weighted by molar-refractivity contribution is 0.135. The number of nitrogens with zero attached hydrogens (tertiary/aromatic N) is 1. The summed E-state index contributed by atoms with van der Waals surface area (Å²) < 4.78 is 0. The molecule has 0 amide bonds. The Labute approximate surface area is 108 Å². The molecule has 0 radical (unpaired) electrons. The molecule has 0 heterocycles. The molecule has 1 N–H and O–H groups in total. The van der Waals surface area contributed by atoms with Gasteiger partial charge in [-0.1, -0.05) is 47.0 Å². The van der Waals surface area contributed by atoms with E-state index in [2.05, 4.69) is 45.0 Å². The Bertz CT molecular complexity index is 207. The molecule has 2 nitrogen and oxygen atoms in total. The average molecular weight is 240 g/mol. The molecular weight excluding hydrogens is 208 g/mol. The molecule has 0 aromatic heterocycles. The van der Waals surface area contributed by atoms with Crippen LogP contribution in [0, 0.1) is 5.41 Å². The smallest absolute Gasteiger partial charge is 0.0246 e. The molecule has 2 atom stereocenters. The molecule has 17 heavy (non-hydrogen) atoms. The summed E-state index contributed by atoms with van der Waals surface area (Å²) >= 11 is 0. The van der Waals surface area contributed by atoms with Crippen LogP contribution in [0.5, 0.6) is 0 Å². The highest BCUT2D eigenvalue weighted by molar-refractivity contribution is 4.86. The van der Waals surface area contributed by atoms with Gasteiger partial charge in [-0.15, -0.1) is 0 Å². The third-order valence-electron chi connectivity index (χ3n) is 3.74. The van der Waals surface area contributed by atoms with Crippen molar-refractivity contribution in [2.45, 2.75) is 71.9 Å². The van der Waals surface area contributed by atoms with Crippen LogP contribution in [0.2, 0.25) is 0 Å². The number of hydrogen-bond donors (Lipinski definition) is 1. The van der Waals surface area contributed by atoms with Crippen molar-refractivity contribution in [3.63, 3.8) is 0 Å². The van der Waals surface area contributed by atoms with Crippen molar-refractivity contribution in [1.82, 2.24) is 10.2 Å². The molecule has 1 fully saturated rings. The van der Waals surface area contributed by atoms with E-state index in [1.165, 1.54) is 38.6 Å². The Morgan fingerprint density at radius 1 is 1.12 bits per heavy atom. The van der Waals surface area contributed by atoms with Gasteiger partial charge in [-0.3, -0.25) is 0 Å². The lowest BCUT2D eigenvalue weighted by atomic mass is 9.93. The minimum absolute atomic E-state index is 0.401. The molecule has 2 unspecified atom stereocenters. The van der Waals surface area contributed by atoms with Crippen molar-refractivity contribution in [2.24, 2.45) is 5.41 Å². The minimum Gasteiger partial charge on any atom is -0.313 e. The van der Waals surface area contributed by atoms with Crippen molar-refractivity contribution < 1.29 is 0 Å². The lowest BCUT2D eigenvalue weighted by Crippen LogP contribution is -2.50. The SMILES string of the molecule is CCNC1CCCCCC1N(C)CC(C)(C)C. The molecule has 0 aliphatic heterocycles. The van der Waals surface area contributed by atoms with Crippen molar-refractivity contribution in [2.75, 3.05) is 20.1 Å². The van der Waals surface area contributed by atoms with E-state index >= 15 is 0 Å². The van der Waals surface area contributed by atoms with Crippen LogP contribution in [0.25, 0.3) is 0 Å². The molecule has 0 spiro atoms. The molecule has 0 saturated heterocycles. The fraction of sp³-hybridized carbons (Fsp3) is 1.00. The Morgan fingerprint density at radius 2 is 1.76 bits per heavy atom. The van der Waals surface area contributed by atoms with Crippen LogP contribution in [0.3, 0.4) is 0 Å². The summed E-state index contributed by atoms with van der Waals surface area (Å²) in [6, 6.07) is 1.44. The molecular formula is C15H32N2. The fourth-order valence-electron chi connectivity index (χ4n) is 3.18. The summed E-state index contributed by atoms with van der Waals surface area (Å²) in [7, 11) is 2.31. The summed E-state index contributed by atoms with van der Waals surface area (Å²) in [4.78, 5) is 2.60. The van der Waals surface area contributed by atoms with Gasteiger partial charge in [-0.05, 0) is 31.8 Å². The molecule has 1 rings (SSSR count). The number of likely N-dealkylation sites (N-methyl/N-ethyl adjacent to an activating group) is 2. The fourth-order valence-corrected chi connectivity index (χ4v) is 3.18. The summed E-state index contributed by atoms with van der Waals surface area (Å²) in [5.74, 6) is 0. The highest BCUT2D eigenvalue weighted by Crippen LogP contribution is 2.24. The summed E-state index contributed by atoms with van der Waals surface area (Å²) in [6.45, 7) is 11.5. The first-order valence-electron chi connectivity index (χ1n) is 7.37. The molecule has 1 aliphatic rings. The minimum atomic E-state index is 0.401. The molecule has 1 aliphatic carbocycles. The second kappa shape index (κ2) is 6.75. The second-order valence-electron chi connectivity index (χ2n) is 6.85. The zero-order valence-corrected chi connectivity index (χ0v) is 12.6. The van der Waals surface area contributed by atoms with Gasteiger partial charge in [-0.2, -0.15) is 0 Å². The highest BCUT2D eigenvalue weighted by Gasteiger charge is 2.28. The third-order valence-corrected chi connectivity index (χ3v) is 3.74. The van der Waals surface area contributed by atoms with Crippen LogP contribution in [0.1, 0.15) is 59.8 Å². The first-order valence-corrected chi connectivity index (χ1v) is 7.37. The van der Waals surface area contributed by atoms with E-state index in [-0.39, 0.29) is 0 Å². The van der Waals surface area contributed by atoms with E-state index in [4.69, 9.17) is 0 Å². The summed E-state index contributed by atoms with van der Waals surface area (Å²) in [6.07, 6.45) is 6.94. The van der Waals surface area contributed by atoms with E-state index in [9.17, 15) is 0 Å². The number of hydrogen-bond acceptors (Lipinski definition) is 2. The van der Waals surface area contributed by atoms with Gasteiger partial charge in [0.05, 0.1) is 0 Å². The maximum atomic E-state index is 3.70. The van der Waals surface area contributed by atoms with E-state index in [1.54, 1.807) is 0 Å². The van der Waals surface area contributed by atoms with Crippen molar-refractivity contribution in [3.8, 4) is 0 Å². The van der Waals surface area contributed by atoms with E-state index in [0.717, 1.165) is 12.6 Å². The molecule has 1 saturated carbocycles. The Hall–Kier alpha value is -0.0800. The van der Waals surface area contributed by atoms with E-state index in [0.29, 0.717) is 11.5 Å². The van der Waals surface area contributed by atoms with Gasteiger partial charge >= 0.3 is 0 Å². The van der Waals surface area contributed by atoms with Gasteiger partial charge in [0.15, 0.2) is 0 Å². The molecule has 0 aromatic carbocycles.